The average molecular weight is 455 g/mol. The minimum absolute atomic E-state index is 0.123. The van der Waals surface area contributed by atoms with Crippen LogP contribution in [0.4, 0.5) is 11.4 Å². The van der Waals surface area contributed by atoms with Crippen LogP contribution < -0.4 is 10.6 Å². The predicted octanol–water partition coefficient (Wildman–Crippen LogP) is 3.99. The lowest BCUT2D eigenvalue weighted by Crippen LogP contribution is -2.18. The fraction of sp³-hybridized carbons (Fsp3) is 0.227. The molecular formula is C22H22N4O5S. The number of fused-ring (bicyclic) bond motifs is 1. The number of methoxy groups -OCH3 is 2. The van der Waals surface area contributed by atoms with Gasteiger partial charge in [-0.25, -0.2) is 9.78 Å². The van der Waals surface area contributed by atoms with Crippen molar-refractivity contribution in [2.75, 3.05) is 31.5 Å². The van der Waals surface area contributed by atoms with Gasteiger partial charge in [-0.05, 0) is 40.6 Å². The second-order valence-electron chi connectivity index (χ2n) is 6.87. The van der Waals surface area contributed by atoms with Crippen molar-refractivity contribution < 1.29 is 23.5 Å². The number of amides is 1. The molecule has 0 fully saturated rings. The summed E-state index contributed by atoms with van der Waals surface area (Å²) in [4.78, 5) is 30.0. The Bertz CT molecular complexity index is 1220. The maximum atomic E-state index is 12.7. The second-order valence-corrected chi connectivity index (χ2v) is 7.65. The summed E-state index contributed by atoms with van der Waals surface area (Å²) in [5.74, 6) is -0.956. The average Bonchev–Trinajstić information content (AvgIpc) is 3.57. The third-order valence-electron chi connectivity index (χ3n) is 4.86. The zero-order chi connectivity index (χ0) is 22.5. The SMILES string of the molecule is COCCn1c(C(=O)OC)c(NC(=O)c2ccco2)c2cc(NCc3ccsc3)cnc21. The fourth-order valence-electron chi connectivity index (χ4n) is 3.34. The van der Waals surface area contributed by atoms with Crippen molar-refractivity contribution in [1.29, 1.82) is 0 Å². The molecule has 2 N–H and O–H groups in total. The number of hydrogen-bond donors (Lipinski definition) is 2. The van der Waals surface area contributed by atoms with Crippen LogP contribution in [0.25, 0.3) is 11.0 Å². The Morgan fingerprint density at radius 2 is 2.16 bits per heavy atom. The molecule has 0 aromatic carbocycles. The molecule has 4 aromatic rings. The molecule has 0 unspecified atom stereocenters. The molecule has 0 saturated heterocycles. The normalized spacial score (nSPS) is 10.9. The Kier molecular flexibility index (Phi) is 6.52. The van der Waals surface area contributed by atoms with Crippen molar-refractivity contribution in [2.24, 2.45) is 0 Å². The van der Waals surface area contributed by atoms with Gasteiger partial charge in [-0.1, -0.05) is 0 Å². The lowest BCUT2D eigenvalue weighted by Gasteiger charge is -2.10. The molecule has 0 atom stereocenters. The third-order valence-corrected chi connectivity index (χ3v) is 5.59. The van der Waals surface area contributed by atoms with E-state index in [2.05, 4.69) is 21.0 Å². The standard InChI is InChI=1S/C22H22N4O5S/c1-29-8-6-26-19(22(28)30-2)18(25-21(27)17-4-3-7-31-17)16-10-15(12-24-20(16)26)23-11-14-5-9-32-13-14/h3-5,7,9-10,12-13,23H,6,8,11H2,1-2H3,(H,25,27). The molecule has 4 aromatic heterocycles. The smallest absolute Gasteiger partial charge is 0.356 e. The van der Waals surface area contributed by atoms with Gasteiger partial charge in [0.25, 0.3) is 5.91 Å². The van der Waals surface area contributed by atoms with Gasteiger partial charge < -0.3 is 29.1 Å². The maximum Gasteiger partial charge on any atom is 0.356 e. The number of thiophene rings is 1. The summed E-state index contributed by atoms with van der Waals surface area (Å²) in [6.45, 7) is 1.32. The van der Waals surface area contributed by atoms with Crippen LogP contribution in [-0.4, -0.2) is 42.3 Å². The number of aromatic nitrogens is 2. The van der Waals surface area contributed by atoms with Crippen LogP contribution in [0.5, 0.6) is 0 Å². The molecule has 0 aliphatic carbocycles. The van der Waals surface area contributed by atoms with Crippen LogP contribution in [0.2, 0.25) is 0 Å². The maximum absolute atomic E-state index is 12.7. The first-order valence-electron chi connectivity index (χ1n) is 9.81. The van der Waals surface area contributed by atoms with Crippen molar-refractivity contribution >= 4 is 45.6 Å². The van der Waals surface area contributed by atoms with Crippen molar-refractivity contribution in [1.82, 2.24) is 9.55 Å². The zero-order valence-corrected chi connectivity index (χ0v) is 18.4. The topological polar surface area (TPSA) is 108 Å². The lowest BCUT2D eigenvalue weighted by molar-refractivity contribution is 0.0588. The van der Waals surface area contributed by atoms with Crippen LogP contribution in [0, 0.1) is 0 Å². The highest BCUT2D eigenvalue weighted by Gasteiger charge is 2.27. The molecule has 0 saturated carbocycles. The first kappa shape index (κ1) is 21.6. The summed E-state index contributed by atoms with van der Waals surface area (Å²) in [5.41, 5.74) is 2.91. The molecule has 0 spiro atoms. The monoisotopic (exact) mass is 454 g/mol. The number of furan rings is 1. The van der Waals surface area contributed by atoms with E-state index in [1.54, 1.807) is 41.3 Å². The van der Waals surface area contributed by atoms with E-state index in [9.17, 15) is 9.59 Å². The number of carbonyl (C=O) groups is 2. The van der Waals surface area contributed by atoms with Crippen LogP contribution >= 0.6 is 11.3 Å². The number of nitrogens with zero attached hydrogens (tertiary/aromatic N) is 2. The molecular weight excluding hydrogens is 432 g/mol. The Hall–Kier alpha value is -3.63. The Morgan fingerprint density at radius 3 is 2.84 bits per heavy atom. The van der Waals surface area contributed by atoms with Crippen LogP contribution in [-0.2, 0) is 22.6 Å². The number of ether oxygens (including phenoxy) is 2. The Morgan fingerprint density at radius 1 is 1.28 bits per heavy atom. The van der Waals surface area contributed by atoms with Crippen molar-refractivity contribution in [3.8, 4) is 0 Å². The Balaban J connectivity index is 1.79. The summed E-state index contributed by atoms with van der Waals surface area (Å²) in [6, 6.07) is 7.05. The van der Waals surface area contributed by atoms with E-state index in [4.69, 9.17) is 13.9 Å². The summed E-state index contributed by atoms with van der Waals surface area (Å²) in [6.07, 6.45) is 3.10. The second kappa shape index (κ2) is 9.67. The molecule has 4 heterocycles. The van der Waals surface area contributed by atoms with E-state index in [0.29, 0.717) is 36.4 Å². The van der Waals surface area contributed by atoms with Crippen LogP contribution in [0.1, 0.15) is 26.6 Å². The number of anilines is 2. The summed E-state index contributed by atoms with van der Waals surface area (Å²) < 4.78 is 17.1. The van der Waals surface area contributed by atoms with Gasteiger partial charge in [-0.3, -0.25) is 4.79 Å². The molecule has 0 aliphatic rings. The molecule has 1 amide bonds. The number of hydrogen-bond acceptors (Lipinski definition) is 8. The zero-order valence-electron chi connectivity index (χ0n) is 17.6. The quantitative estimate of drug-likeness (QED) is 0.368. The minimum atomic E-state index is -0.596. The van der Waals surface area contributed by atoms with E-state index in [1.165, 1.54) is 13.4 Å². The van der Waals surface area contributed by atoms with Gasteiger partial charge in [0.15, 0.2) is 11.5 Å². The molecule has 166 valence electrons. The van der Waals surface area contributed by atoms with Gasteiger partial charge in [0.05, 0.1) is 37.6 Å². The van der Waals surface area contributed by atoms with Crippen LogP contribution in [0.3, 0.4) is 0 Å². The minimum Gasteiger partial charge on any atom is -0.464 e. The summed E-state index contributed by atoms with van der Waals surface area (Å²) in [5, 5.41) is 10.8. The van der Waals surface area contributed by atoms with Gasteiger partial charge in [-0.2, -0.15) is 11.3 Å². The van der Waals surface area contributed by atoms with E-state index >= 15 is 0 Å². The molecule has 4 rings (SSSR count). The molecule has 0 radical (unpaired) electrons. The van der Waals surface area contributed by atoms with Gasteiger partial charge in [0, 0.05) is 25.6 Å². The van der Waals surface area contributed by atoms with Gasteiger partial charge in [-0.15, -0.1) is 0 Å². The largest absolute Gasteiger partial charge is 0.464 e. The lowest BCUT2D eigenvalue weighted by atomic mass is 10.2. The molecule has 32 heavy (non-hydrogen) atoms. The molecule has 10 heteroatoms. The van der Waals surface area contributed by atoms with Crippen molar-refractivity contribution in [3.05, 3.63) is 64.5 Å². The van der Waals surface area contributed by atoms with Crippen molar-refractivity contribution in [2.45, 2.75) is 13.1 Å². The Labute approximate surface area is 188 Å². The van der Waals surface area contributed by atoms with Gasteiger partial charge >= 0.3 is 5.97 Å². The van der Waals surface area contributed by atoms with E-state index < -0.39 is 11.9 Å². The highest BCUT2D eigenvalue weighted by molar-refractivity contribution is 7.07. The number of carbonyl (C=O) groups excluding carboxylic acids is 2. The summed E-state index contributed by atoms with van der Waals surface area (Å²) >= 11 is 1.63. The van der Waals surface area contributed by atoms with Crippen LogP contribution in [0.15, 0.2) is 51.9 Å². The first-order valence-corrected chi connectivity index (χ1v) is 10.8. The number of nitrogens with one attached hydrogen (secondary N) is 2. The highest BCUT2D eigenvalue weighted by Crippen LogP contribution is 2.33. The molecule has 0 bridgehead atoms. The van der Waals surface area contributed by atoms with E-state index in [0.717, 1.165) is 11.3 Å². The van der Waals surface area contributed by atoms with Crippen molar-refractivity contribution in [3.63, 3.8) is 0 Å². The fourth-order valence-corrected chi connectivity index (χ4v) is 4.01. The third kappa shape index (κ3) is 4.36. The number of esters is 1. The predicted molar refractivity (Wildman–Crippen MR) is 121 cm³/mol. The van der Waals surface area contributed by atoms with E-state index in [-0.39, 0.29) is 11.5 Å². The molecule has 9 nitrogen and oxygen atoms in total. The number of pyridine rings is 1. The number of rotatable bonds is 9. The van der Waals surface area contributed by atoms with E-state index in [1.807, 2.05) is 17.5 Å². The van der Waals surface area contributed by atoms with Gasteiger partial charge in [0.2, 0.25) is 0 Å². The van der Waals surface area contributed by atoms with Gasteiger partial charge in [0.1, 0.15) is 5.65 Å². The summed E-state index contributed by atoms with van der Waals surface area (Å²) in [7, 11) is 2.86. The molecule has 0 aliphatic heterocycles. The highest BCUT2D eigenvalue weighted by atomic mass is 32.1. The first-order chi connectivity index (χ1) is 15.6.